The van der Waals surface area contributed by atoms with Crippen molar-refractivity contribution >= 4 is 29.4 Å². The Labute approximate surface area is 101 Å². The molecule has 0 spiro atoms. The molecule has 3 amide bonds. The van der Waals surface area contributed by atoms with Crippen LogP contribution in [0, 0.1) is 5.82 Å². The molecule has 2 aliphatic heterocycles. The van der Waals surface area contributed by atoms with E-state index in [1.807, 2.05) is 0 Å². The molecule has 17 heavy (non-hydrogen) atoms. The van der Waals surface area contributed by atoms with Crippen molar-refractivity contribution in [2.75, 3.05) is 16.5 Å². The molecule has 3 rings (SSSR count). The van der Waals surface area contributed by atoms with Crippen LogP contribution < -0.4 is 4.90 Å². The van der Waals surface area contributed by atoms with Crippen LogP contribution in [0.1, 0.15) is 0 Å². The van der Waals surface area contributed by atoms with Crippen LogP contribution in [0.25, 0.3) is 0 Å². The smallest absolute Gasteiger partial charge is 0.302 e. The van der Waals surface area contributed by atoms with Gasteiger partial charge in [-0.3, -0.25) is 4.79 Å². The Hall–Kier alpha value is -1.56. The van der Waals surface area contributed by atoms with Crippen LogP contribution in [-0.4, -0.2) is 34.5 Å². The molecule has 88 valence electrons. The van der Waals surface area contributed by atoms with Gasteiger partial charge in [0.15, 0.2) is 0 Å². The highest BCUT2D eigenvalue weighted by atomic mass is 32.2. The maximum atomic E-state index is 12.8. The summed E-state index contributed by atoms with van der Waals surface area (Å²) >= 11 is 1.57. The van der Waals surface area contributed by atoms with E-state index in [0.717, 1.165) is 4.90 Å². The molecule has 6 heteroatoms. The molecule has 1 aromatic rings. The number of halogens is 1. The van der Waals surface area contributed by atoms with Gasteiger partial charge < -0.3 is 4.90 Å². The Balaban J connectivity index is 1.96. The predicted molar refractivity (Wildman–Crippen MR) is 62.2 cm³/mol. The van der Waals surface area contributed by atoms with Gasteiger partial charge >= 0.3 is 6.03 Å². The van der Waals surface area contributed by atoms with Gasteiger partial charge in [0.25, 0.3) is 5.91 Å². The quantitative estimate of drug-likeness (QED) is 0.714. The first kappa shape index (κ1) is 10.6. The van der Waals surface area contributed by atoms with E-state index < -0.39 is 0 Å². The number of carbonyl (C=O) groups is 2. The topological polar surface area (TPSA) is 40.6 Å². The van der Waals surface area contributed by atoms with Crippen LogP contribution in [0.15, 0.2) is 24.3 Å². The van der Waals surface area contributed by atoms with Gasteiger partial charge in [-0.2, -0.15) is 0 Å². The number of urea groups is 1. The normalized spacial score (nSPS) is 23.5. The largest absolute Gasteiger partial charge is 0.332 e. The summed E-state index contributed by atoms with van der Waals surface area (Å²) in [6, 6.07) is 4.72. The number of imide groups is 1. The summed E-state index contributed by atoms with van der Waals surface area (Å²) in [6.45, 7) is 0. The maximum Gasteiger partial charge on any atom is 0.332 e. The third-order valence-electron chi connectivity index (χ3n) is 2.91. The lowest BCUT2D eigenvalue weighted by Gasteiger charge is -2.14. The van der Waals surface area contributed by atoms with Crippen molar-refractivity contribution in [1.82, 2.24) is 4.90 Å². The number of hydrogen-bond donors (Lipinski definition) is 0. The average Bonchev–Trinajstić information content (AvgIpc) is 2.87. The zero-order chi connectivity index (χ0) is 12.0. The van der Waals surface area contributed by atoms with Crippen molar-refractivity contribution in [3.05, 3.63) is 30.1 Å². The Morgan fingerprint density at radius 1 is 1.24 bits per heavy atom. The molecule has 0 N–H and O–H groups in total. The third-order valence-corrected chi connectivity index (χ3v) is 3.92. The van der Waals surface area contributed by atoms with Crippen LogP contribution in [0.2, 0.25) is 0 Å². The summed E-state index contributed by atoms with van der Waals surface area (Å²) in [6.07, 6.45) is 0. The van der Waals surface area contributed by atoms with Crippen molar-refractivity contribution in [2.45, 2.75) is 6.04 Å². The van der Waals surface area contributed by atoms with Crippen molar-refractivity contribution in [2.24, 2.45) is 0 Å². The van der Waals surface area contributed by atoms with E-state index in [0.29, 0.717) is 17.3 Å². The number of anilines is 1. The molecular formula is C11H9FN2O2S. The number of carbonyl (C=O) groups excluding carboxylic acids is 2. The molecule has 0 aromatic heterocycles. The van der Waals surface area contributed by atoms with E-state index in [2.05, 4.69) is 0 Å². The van der Waals surface area contributed by atoms with Crippen molar-refractivity contribution < 1.29 is 14.0 Å². The van der Waals surface area contributed by atoms with Crippen molar-refractivity contribution in [1.29, 1.82) is 0 Å². The minimum absolute atomic E-state index is 0.216. The molecule has 0 radical (unpaired) electrons. The monoisotopic (exact) mass is 252 g/mol. The average molecular weight is 252 g/mol. The fourth-order valence-corrected chi connectivity index (χ4v) is 3.17. The Kier molecular flexibility index (Phi) is 2.32. The zero-order valence-electron chi connectivity index (χ0n) is 8.80. The van der Waals surface area contributed by atoms with E-state index in [4.69, 9.17) is 0 Å². The number of fused-ring (bicyclic) bond motifs is 1. The van der Waals surface area contributed by atoms with Gasteiger partial charge in [-0.1, -0.05) is 0 Å². The first-order chi connectivity index (χ1) is 8.18. The molecule has 2 aliphatic rings. The molecule has 0 saturated carbocycles. The summed E-state index contributed by atoms with van der Waals surface area (Å²) in [5, 5.41) is 0. The first-order valence-corrected chi connectivity index (χ1v) is 6.32. The van der Waals surface area contributed by atoms with Gasteiger partial charge in [0, 0.05) is 5.75 Å². The second-order valence-corrected chi connectivity index (χ2v) is 4.92. The first-order valence-electron chi connectivity index (χ1n) is 5.16. The van der Waals surface area contributed by atoms with E-state index >= 15 is 0 Å². The molecule has 1 unspecified atom stereocenters. The lowest BCUT2D eigenvalue weighted by molar-refractivity contribution is -0.118. The SMILES string of the molecule is O=C1C2CSCN2C(=O)N1c1ccc(F)cc1. The van der Waals surface area contributed by atoms with Gasteiger partial charge in [0.05, 0.1) is 11.6 Å². The van der Waals surface area contributed by atoms with Crippen molar-refractivity contribution in [3.8, 4) is 0 Å². The second-order valence-electron chi connectivity index (χ2n) is 3.92. The number of rotatable bonds is 1. The Bertz CT molecular complexity index is 469. The third kappa shape index (κ3) is 1.51. The van der Waals surface area contributed by atoms with Crippen LogP contribution in [0.4, 0.5) is 14.9 Å². The highest BCUT2D eigenvalue weighted by Gasteiger charge is 2.48. The molecule has 0 bridgehead atoms. The molecule has 1 aromatic carbocycles. The van der Waals surface area contributed by atoms with Gasteiger partial charge in [-0.05, 0) is 24.3 Å². The summed E-state index contributed by atoms with van der Waals surface area (Å²) in [5.74, 6) is 0.588. The molecular weight excluding hydrogens is 243 g/mol. The number of amides is 3. The molecule has 2 heterocycles. The molecule has 2 saturated heterocycles. The number of nitrogens with zero attached hydrogens (tertiary/aromatic N) is 2. The Morgan fingerprint density at radius 2 is 1.94 bits per heavy atom. The standard InChI is InChI=1S/C11H9FN2O2S/c12-7-1-3-8(4-2-7)14-10(15)9-5-17-6-13(9)11(14)16/h1-4,9H,5-6H2. The van der Waals surface area contributed by atoms with E-state index in [-0.39, 0.29) is 23.8 Å². The minimum atomic E-state index is -0.385. The van der Waals surface area contributed by atoms with Crippen LogP contribution in [-0.2, 0) is 4.79 Å². The van der Waals surface area contributed by atoms with E-state index in [1.165, 1.54) is 24.3 Å². The molecule has 0 aliphatic carbocycles. The summed E-state index contributed by atoms with van der Waals surface area (Å²) in [4.78, 5) is 26.7. The number of benzene rings is 1. The van der Waals surface area contributed by atoms with Crippen LogP contribution in [0.5, 0.6) is 0 Å². The molecule has 4 nitrogen and oxygen atoms in total. The molecule has 2 fully saturated rings. The summed E-state index contributed by atoms with van der Waals surface area (Å²) in [5.41, 5.74) is 0.431. The molecule has 1 atom stereocenters. The summed E-state index contributed by atoms with van der Waals surface area (Å²) < 4.78 is 12.8. The van der Waals surface area contributed by atoms with Crippen LogP contribution in [0.3, 0.4) is 0 Å². The van der Waals surface area contributed by atoms with Gasteiger partial charge in [-0.25, -0.2) is 14.1 Å². The van der Waals surface area contributed by atoms with Gasteiger partial charge in [0.1, 0.15) is 11.9 Å². The number of hydrogen-bond acceptors (Lipinski definition) is 3. The van der Waals surface area contributed by atoms with Gasteiger partial charge in [-0.15, -0.1) is 11.8 Å². The minimum Gasteiger partial charge on any atom is -0.302 e. The van der Waals surface area contributed by atoms with Crippen molar-refractivity contribution in [3.63, 3.8) is 0 Å². The zero-order valence-corrected chi connectivity index (χ0v) is 9.61. The Morgan fingerprint density at radius 3 is 2.59 bits per heavy atom. The highest BCUT2D eigenvalue weighted by Crippen LogP contribution is 2.32. The van der Waals surface area contributed by atoms with Crippen LogP contribution >= 0.6 is 11.8 Å². The summed E-state index contributed by atoms with van der Waals surface area (Å²) in [7, 11) is 0. The fraction of sp³-hybridized carbons (Fsp3) is 0.273. The number of thioether (sulfide) groups is 1. The fourth-order valence-electron chi connectivity index (χ4n) is 2.04. The van der Waals surface area contributed by atoms with E-state index in [1.54, 1.807) is 16.7 Å². The lowest BCUT2D eigenvalue weighted by atomic mass is 10.2. The van der Waals surface area contributed by atoms with Gasteiger partial charge in [0.2, 0.25) is 0 Å². The maximum absolute atomic E-state index is 12.8. The van der Waals surface area contributed by atoms with E-state index in [9.17, 15) is 14.0 Å². The predicted octanol–water partition coefficient (Wildman–Crippen LogP) is 1.67. The highest BCUT2D eigenvalue weighted by molar-refractivity contribution is 7.99. The second kappa shape index (κ2) is 3.73. The lowest BCUT2D eigenvalue weighted by Crippen LogP contribution is -2.32.